The van der Waals surface area contributed by atoms with Crippen molar-refractivity contribution in [1.29, 1.82) is 0 Å². The third-order valence-electron chi connectivity index (χ3n) is 6.31. The van der Waals surface area contributed by atoms with E-state index in [-0.39, 0.29) is 22.9 Å². The number of amides is 3. The highest BCUT2D eigenvalue weighted by molar-refractivity contribution is 6.08. The maximum absolute atomic E-state index is 13.1. The van der Waals surface area contributed by atoms with Crippen molar-refractivity contribution in [2.24, 2.45) is 0 Å². The zero-order valence-electron chi connectivity index (χ0n) is 20.5. The standard InChI is InChI=1S/C26H27F3N4O5/c1-15-11-20-18(12-19(15)32-24(36)16-5-3-2-4-6-16)23(38-14-26(27,28)29)22(31-20)25(37)30-17-7-9-33(10-8-17)21(35)13-34/h2-6,11-12,17,31,34H,7-10,13-14H2,1H3,(H,30,37)(H,32,36). The summed E-state index contributed by atoms with van der Waals surface area (Å²) in [7, 11) is 0. The van der Waals surface area contributed by atoms with Gasteiger partial charge in [0.15, 0.2) is 12.4 Å². The van der Waals surface area contributed by atoms with E-state index in [1.807, 2.05) is 0 Å². The van der Waals surface area contributed by atoms with Gasteiger partial charge in [-0.05, 0) is 49.6 Å². The number of aliphatic hydroxyl groups is 1. The van der Waals surface area contributed by atoms with E-state index < -0.39 is 37.1 Å². The van der Waals surface area contributed by atoms with Gasteiger partial charge in [0.2, 0.25) is 5.91 Å². The van der Waals surface area contributed by atoms with E-state index in [0.717, 1.165) is 0 Å². The lowest BCUT2D eigenvalue weighted by Gasteiger charge is -2.32. The molecule has 1 saturated heterocycles. The summed E-state index contributed by atoms with van der Waals surface area (Å²) >= 11 is 0. The Bertz CT molecular complexity index is 1330. The van der Waals surface area contributed by atoms with Crippen LogP contribution in [0.25, 0.3) is 10.9 Å². The molecule has 0 bridgehead atoms. The molecule has 1 aliphatic heterocycles. The van der Waals surface area contributed by atoms with Crippen molar-refractivity contribution in [2.45, 2.75) is 32.0 Å². The normalized spacial score (nSPS) is 14.4. The summed E-state index contributed by atoms with van der Waals surface area (Å²) in [5, 5.41) is 14.8. The van der Waals surface area contributed by atoms with Crippen LogP contribution in [0.4, 0.5) is 18.9 Å². The first-order valence-corrected chi connectivity index (χ1v) is 12.0. The molecule has 9 nitrogen and oxygen atoms in total. The smallest absolute Gasteiger partial charge is 0.422 e. The van der Waals surface area contributed by atoms with Crippen LogP contribution in [0, 0.1) is 6.92 Å². The number of aromatic amines is 1. The topological polar surface area (TPSA) is 124 Å². The Morgan fingerprint density at radius 3 is 2.42 bits per heavy atom. The number of aliphatic hydroxyl groups excluding tert-OH is 1. The molecule has 1 fully saturated rings. The number of aryl methyl sites for hydroxylation is 1. The summed E-state index contributed by atoms with van der Waals surface area (Å²) in [5.41, 5.74) is 1.57. The molecule has 0 saturated carbocycles. The Hall–Kier alpha value is -4.06. The van der Waals surface area contributed by atoms with Gasteiger partial charge in [-0.15, -0.1) is 0 Å². The molecule has 2 heterocycles. The fourth-order valence-electron chi connectivity index (χ4n) is 4.34. The van der Waals surface area contributed by atoms with Gasteiger partial charge in [-0.25, -0.2) is 0 Å². The Morgan fingerprint density at radius 2 is 1.79 bits per heavy atom. The van der Waals surface area contributed by atoms with Crippen LogP contribution in [0.15, 0.2) is 42.5 Å². The van der Waals surface area contributed by atoms with E-state index in [4.69, 9.17) is 9.84 Å². The van der Waals surface area contributed by atoms with Crippen LogP contribution < -0.4 is 15.4 Å². The van der Waals surface area contributed by atoms with Crippen molar-refractivity contribution >= 4 is 34.3 Å². The van der Waals surface area contributed by atoms with E-state index in [1.165, 1.54) is 11.0 Å². The van der Waals surface area contributed by atoms with Gasteiger partial charge in [-0.2, -0.15) is 13.2 Å². The molecule has 202 valence electrons. The highest BCUT2D eigenvalue weighted by Gasteiger charge is 2.32. The number of fused-ring (bicyclic) bond motifs is 1. The van der Waals surface area contributed by atoms with Gasteiger partial charge in [0.1, 0.15) is 12.3 Å². The molecule has 3 amide bonds. The molecular weight excluding hydrogens is 505 g/mol. The number of likely N-dealkylation sites (tertiary alicyclic amines) is 1. The van der Waals surface area contributed by atoms with Crippen molar-refractivity contribution in [3.8, 4) is 5.75 Å². The largest absolute Gasteiger partial charge is 0.481 e. The van der Waals surface area contributed by atoms with Crippen LogP contribution in [-0.4, -0.2) is 71.2 Å². The van der Waals surface area contributed by atoms with E-state index in [9.17, 15) is 27.6 Å². The number of hydrogen-bond acceptors (Lipinski definition) is 5. The Kier molecular flexibility index (Phi) is 7.91. The number of alkyl halides is 3. The number of nitrogens with zero attached hydrogens (tertiary/aromatic N) is 1. The number of halogens is 3. The molecule has 1 aliphatic rings. The number of benzene rings is 2. The number of carbonyl (C=O) groups excluding carboxylic acids is 3. The van der Waals surface area contributed by atoms with Crippen LogP contribution >= 0.6 is 0 Å². The van der Waals surface area contributed by atoms with Crippen molar-refractivity contribution < 1.29 is 37.4 Å². The average Bonchev–Trinajstić information content (AvgIpc) is 3.25. The molecule has 4 rings (SSSR count). The van der Waals surface area contributed by atoms with Crippen molar-refractivity contribution in [1.82, 2.24) is 15.2 Å². The number of nitrogens with one attached hydrogen (secondary N) is 3. The van der Waals surface area contributed by atoms with E-state index in [2.05, 4.69) is 15.6 Å². The zero-order chi connectivity index (χ0) is 27.4. The monoisotopic (exact) mass is 532 g/mol. The Morgan fingerprint density at radius 1 is 1.11 bits per heavy atom. The molecule has 2 aromatic carbocycles. The van der Waals surface area contributed by atoms with Gasteiger partial charge < -0.3 is 30.4 Å². The van der Waals surface area contributed by atoms with E-state index in [1.54, 1.807) is 43.3 Å². The number of H-pyrrole nitrogens is 1. The molecule has 0 atom stereocenters. The van der Waals surface area contributed by atoms with E-state index in [0.29, 0.717) is 48.3 Å². The summed E-state index contributed by atoms with van der Waals surface area (Å²) in [6.45, 7) is 0.176. The molecule has 3 aromatic rings. The second kappa shape index (κ2) is 11.1. The van der Waals surface area contributed by atoms with Gasteiger partial charge in [0, 0.05) is 35.8 Å². The fourth-order valence-corrected chi connectivity index (χ4v) is 4.34. The van der Waals surface area contributed by atoms with E-state index >= 15 is 0 Å². The van der Waals surface area contributed by atoms with Crippen molar-refractivity contribution in [3.63, 3.8) is 0 Å². The first-order chi connectivity index (χ1) is 18.1. The molecule has 4 N–H and O–H groups in total. The first kappa shape index (κ1) is 27.0. The maximum atomic E-state index is 13.1. The number of piperidine rings is 1. The van der Waals surface area contributed by atoms with Crippen LogP contribution in [0.2, 0.25) is 0 Å². The number of ether oxygens (including phenoxy) is 1. The van der Waals surface area contributed by atoms with Gasteiger partial charge >= 0.3 is 6.18 Å². The lowest BCUT2D eigenvalue weighted by molar-refractivity contribution is -0.153. The quantitative estimate of drug-likeness (QED) is 0.372. The van der Waals surface area contributed by atoms with Crippen molar-refractivity contribution in [3.05, 3.63) is 59.3 Å². The molecule has 0 spiro atoms. The Balaban J connectivity index is 1.61. The fraction of sp³-hybridized carbons (Fsp3) is 0.346. The average molecular weight is 533 g/mol. The summed E-state index contributed by atoms with van der Waals surface area (Å²) in [4.78, 5) is 41.8. The third kappa shape index (κ3) is 6.25. The molecule has 0 radical (unpaired) electrons. The second-order valence-electron chi connectivity index (χ2n) is 9.05. The molecule has 12 heteroatoms. The lowest BCUT2D eigenvalue weighted by atomic mass is 10.0. The number of rotatable bonds is 7. The molecule has 38 heavy (non-hydrogen) atoms. The van der Waals surface area contributed by atoms with Crippen LogP contribution in [0.3, 0.4) is 0 Å². The third-order valence-corrected chi connectivity index (χ3v) is 6.31. The van der Waals surface area contributed by atoms with Crippen LogP contribution in [-0.2, 0) is 4.79 Å². The van der Waals surface area contributed by atoms with Gasteiger partial charge in [0.25, 0.3) is 11.8 Å². The summed E-state index contributed by atoms with van der Waals surface area (Å²) in [5.74, 6) is -1.74. The highest BCUT2D eigenvalue weighted by Crippen LogP contribution is 2.35. The first-order valence-electron chi connectivity index (χ1n) is 12.0. The number of aromatic nitrogens is 1. The predicted molar refractivity (Wildman–Crippen MR) is 133 cm³/mol. The number of hydrogen-bond donors (Lipinski definition) is 4. The number of carbonyl (C=O) groups is 3. The number of anilines is 1. The molecule has 0 unspecified atom stereocenters. The van der Waals surface area contributed by atoms with Crippen molar-refractivity contribution in [2.75, 3.05) is 31.6 Å². The SMILES string of the molecule is Cc1cc2[nH]c(C(=O)NC3CCN(C(=O)CO)CC3)c(OCC(F)(F)F)c2cc1NC(=O)c1ccccc1. The lowest BCUT2D eigenvalue weighted by Crippen LogP contribution is -2.47. The zero-order valence-corrected chi connectivity index (χ0v) is 20.5. The van der Waals surface area contributed by atoms with Gasteiger partial charge in [-0.3, -0.25) is 14.4 Å². The maximum Gasteiger partial charge on any atom is 0.422 e. The summed E-state index contributed by atoms with van der Waals surface area (Å²) in [6.07, 6.45) is -3.80. The summed E-state index contributed by atoms with van der Waals surface area (Å²) in [6, 6.07) is 11.2. The van der Waals surface area contributed by atoms with Crippen LogP contribution in [0.5, 0.6) is 5.75 Å². The minimum absolute atomic E-state index is 0.177. The molecule has 0 aliphatic carbocycles. The minimum Gasteiger partial charge on any atom is -0.481 e. The molecule has 1 aromatic heterocycles. The van der Waals surface area contributed by atoms with Gasteiger partial charge in [0.05, 0.1) is 5.52 Å². The van der Waals surface area contributed by atoms with Crippen LogP contribution in [0.1, 0.15) is 39.3 Å². The highest BCUT2D eigenvalue weighted by atomic mass is 19.4. The summed E-state index contributed by atoms with van der Waals surface area (Å²) < 4.78 is 44.2. The van der Waals surface area contributed by atoms with Gasteiger partial charge in [-0.1, -0.05) is 18.2 Å². The minimum atomic E-state index is -4.64. The predicted octanol–water partition coefficient (Wildman–Crippen LogP) is 3.38. The second-order valence-corrected chi connectivity index (χ2v) is 9.05. The molecular formula is C26H27F3N4O5. The Labute approximate surface area is 216 Å².